The number of amides is 2. The molecule has 2 amide bonds. The van der Waals surface area contributed by atoms with Crippen LogP contribution in [0.4, 0.5) is 16.4 Å². The van der Waals surface area contributed by atoms with E-state index in [9.17, 15) is 4.79 Å². The van der Waals surface area contributed by atoms with Crippen LogP contribution in [0.15, 0.2) is 66.7 Å². The molecule has 0 saturated carbocycles. The molecule has 29 heavy (non-hydrogen) atoms. The van der Waals surface area contributed by atoms with E-state index >= 15 is 0 Å². The third kappa shape index (κ3) is 4.71. The number of carbonyl (C=O) groups excluding carboxylic acids is 1. The first kappa shape index (κ1) is 18.9. The predicted octanol–water partition coefficient (Wildman–Crippen LogP) is 5.77. The first-order chi connectivity index (χ1) is 14.1. The molecule has 0 saturated heterocycles. The van der Waals surface area contributed by atoms with E-state index in [1.54, 1.807) is 30.3 Å². The molecule has 0 aliphatic carbocycles. The van der Waals surface area contributed by atoms with E-state index in [1.807, 2.05) is 36.4 Å². The van der Waals surface area contributed by atoms with Gasteiger partial charge in [-0.25, -0.2) is 4.79 Å². The molecule has 7 nitrogen and oxygen atoms in total. The fourth-order valence-electron chi connectivity index (χ4n) is 2.59. The molecule has 4 rings (SSSR count). The summed E-state index contributed by atoms with van der Waals surface area (Å²) >= 11 is 12.0. The molecule has 0 unspecified atom stereocenters. The number of nitrogens with zero attached hydrogens (tertiary/aromatic N) is 3. The molecule has 0 atom stereocenters. The van der Waals surface area contributed by atoms with Crippen LogP contribution in [0.2, 0.25) is 10.3 Å². The number of ether oxygens (including phenoxy) is 1. The lowest BCUT2D eigenvalue weighted by atomic mass is 10.1. The Morgan fingerprint density at radius 2 is 1.59 bits per heavy atom. The van der Waals surface area contributed by atoms with Crippen molar-refractivity contribution < 1.29 is 9.53 Å². The molecular weight excluding hydrogens is 413 g/mol. The van der Waals surface area contributed by atoms with Crippen LogP contribution < -0.4 is 15.4 Å². The third-order valence-corrected chi connectivity index (χ3v) is 4.36. The highest BCUT2D eigenvalue weighted by molar-refractivity contribution is 6.33. The first-order valence-corrected chi connectivity index (χ1v) is 9.23. The Kier molecular flexibility index (Phi) is 5.41. The summed E-state index contributed by atoms with van der Waals surface area (Å²) in [5.74, 6) is 0.461. The van der Waals surface area contributed by atoms with Crippen molar-refractivity contribution in [2.45, 2.75) is 0 Å². The number of rotatable bonds is 4. The fourth-order valence-corrected chi connectivity index (χ4v) is 2.92. The summed E-state index contributed by atoms with van der Waals surface area (Å²) in [6.07, 6.45) is 0. The minimum Gasteiger partial charge on any atom is -0.424 e. The molecule has 4 aromatic rings. The van der Waals surface area contributed by atoms with Crippen molar-refractivity contribution in [1.82, 2.24) is 15.0 Å². The molecule has 0 spiro atoms. The van der Waals surface area contributed by atoms with Crippen molar-refractivity contribution in [2.24, 2.45) is 0 Å². The maximum Gasteiger partial charge on any atom is 0.328 e. The molecule has 0 bridgehead atoms. The maximum absolute atomic E-state index is 12.2. The van der Waals surface area contributed by atoms with Crippen LogP contribution in [0.3, 0.4) is 0 Å². The van der Waals surface area contributed by atoms with E-state index in [4.69, 9.17) is 27.9 Å². The van der Waals surface area contributed by atoms with Gasteiger partial charge in [0.1, 0.15) is 5.75 Å². The number of hydrogen-bond donors (Lipinski definition) is 2. The second-order valence-corrected chi connectivity index (χ2v) is 6.63. The standard InChI is InChI=1S/C20H13Cl2N5O2/c21-15-7-3-4-8-16(15)23-19(28)26-18-24-17(22)25-20(27-18)29-14-10-9-12-5-1-2-6-13(12)11-14/h1-11H,(H2,23,24,25,26,27,28). The Balaban J connectivity index is 1.51. The van der Waals surface area contributed by atoms with Crippen molar-refractivity contribution in [1.29, 1.82) is 0 Å². The van der Waals surface area contributed by atoms with Crippen LogP contribution in [0.25, 0.3) is 10.8 Å². The smallest absolute Gasteiger partial charge is 0.328 e. The minimum atomic E-state index is -0.586. The van der Waals surface area contributed by atoms with Gasteiger partial charge < -0.3 is 10.1 Å². The molecule has 0 fully saturated rings. The van der Waals surface area contributed by atoms with Gasteiger partial charge in [0.25, 0.3) is 0 Å². The lowest BCUT2D eigenvalue weighted by Crippen LogP contribution is -2.21. The quantitative estimate of drug-likeness (QED) is 0.433. The van der Waals surface area contributed by atoms with Crippen LogP contribution in [0.5, 0.6) is 11.8 Å². The summed E-state index contributed by atoms with van der Waals surface area (Å²) in [5.41, 5.74) is 0.444. The van der Waals surface area contributed by atoms with Gasteiger partial charge in [-0.05, 0) is 46.6 Å². The van der Waals surface area contributed by atoms with Gasteiger partial charge in [0.05, 0.1) is 10.7 Å². The summed E-state index contributed by atoms with van der Waals surface area (Å²) in [4.78, 5) is 24.1. The monoisotopic (exact) mass is 425 g/mol. The van der Waals surface area contributed by atoms with E-state index in [0.29, 0.717) is 16.5 Å². The molecule has 1 heterocycles. The van der Waals surface area contributed by atoms with Gasteiger partial charge in [-0.3, -0.25) is 5.32 Å². The van der Waals surface area contributed by atoms with E-state index in [2.05, 4.69) is 25.6 Å². The fraction of sp³-hybridized carbons (Fsp3) is 0. The third-order valence-electron chi connectivity index (χ3n) is 3.87. The van der Waals surface area contributed by atoms with Crippen molar-refractivity contribution in [3.63, 3.8) is 0 Å². The normalized spacial score (nSPS) is 10.6. The van der Waals surface area contributed by atoms with Crippen molar-refractivity contribution in [2.75, 3.05) is 10.6 Å². The molecule has 3 aromatic carbocycles. The number of halogens is 2. The molecule has 2 N–H and O–H groups in total. The van der Waals surface area contributed by atoms with Crippen LogP contribution >= 0.6 is 23.2 Å². The van der Waals surface area contributed by atoms with Crippen molar-refractivity contribution in [3.8, 4) is 11.8 Å². The summed E-state index contributed by atoms with van der Waals surface area (Å²) in [5, 5.41) is 7.44. The Bertz CT molecular complexity index is 1200. The van der Waals surface area contributed by atoms with E-state index in [0.717, 1.165) is 10.8 Å². The first-order valence-electron chi connectivity index (χ1n) is 8.47. The molecule has 1 aromatic heterocycles. The summed E-state index contributed by atoms with van der Waals surface area (Å²) in [7, 11) is 0. The van der Waals surface area contributed by atoms with Crippen molar-refractivity contribution in [3.05, 3.63) is 77.0 Å². The van der Waals surface area contributed by atoms with Gasteiger partial charge in [-0.15, -0.1) is 0 Å². The van der Waals surface area contributed by atoms with E-state index in [1.165, 1.54) is 0 Å². The summed E-state index contributed by atoms with van der Waals surface area (Å²) < 4.78 is 5.69. The number of para-hydroxylation sites is 1. The van der Waals surface area contributed by atoms with E-state index in [-0.39, 0.29) is 17.2 Å². The number of benzene rings is 3. The Hall–Kier alpha value is -3.42. The van der Waals surface area contributed by atoms with Gasteiger partial charge in [0, 0.05) is 0 Å². The summed E-state index contributed by atoms with van der Waals surface area (Å²) in [6, 6.07) is 19.6. The Morgan fingerprint density at radius 1 is 0.828 bits per heavy atom. The topological polar surface area (TPSA) is 89.0 Å². The molecule has 9 heteroatoms. The number of nitrogens with one attached hydrogen (secondary N) is 2. The molecular formula is C20H13Cl2N5O2. The Labute approximate surface area is 175 Å². The number of fused-ring (bicyclic) bond motifs is 1. The van der Waals surface area contributed by atoms with Crippen molar-refractivity contribution >= 4 is 51.6 Å². The van der Waals surface area contributed by atoms with Gasteiger partial charge in [-0.2, -0.15) is 15.0 Å². The van der Waals surface area contributed by atoms with Crippen LogP contribution in [-0.2, 0) is 0 Å². The second-order valence-electron chi connectivity index (χ2n) is 5.88. The van der Waals surface area contributed by atoms with Gasteiger partial charge >= 0.3 is 12.0 Å². The average molecular weight is 426 g/mol. The number of anilines is 2. The Morgan fingerprint density at radius 3 is 2.41 bits per heavy atom. The predicted molar refractivity (Wildman–Crippen MR) is 113 cm³/mol. The second kappa shape index (κ2) is 8.30. The molecule has 0 radical (unpaired) electrons. The molecule has 0 aliphatic rings. The number of carbonyl (C=O) groups is 1. The largest absolute Gasteiger partial charge is 0.424 e. The number of hydrogen-bond acceptors (Lipinski definition) is 5. The average Bonchev–Trinajstić information content (AvgIpc) is 2.69. The van der Waals surface area contributed by atoms with Gasteiger partial charge in [0.15, 0.2) is 0 Å². The minimum absolute atomic E-state index is 0.0478. The van der Waals surface area contributed by atoms with Crippen LogP contribution in [0.1, 0.15) is 0 Å². The van der Waals surface area contributed by atoms with Crippen LogP contribution in [-0.4, -0.2) is 21.0 Å². The summed E-state index contributed by atoms with van der Waals surface area (Å²) in [6.45, 7) is 0. The number of urea groups is 1. The lowest BCUT2D eigenvalue weighted by molar-refractivity contribution is 0.262. The SMILES string of the molecule is O=C(Nc1nc(Cl)nc(Oc2ccc3ccccc3c2)n1)Nc1ccccc1Cl. The highest BCUT2D eigenvalue weighted by Gasteiger charge is 2.12. The zero-order chi connectivity index (χ0) is 20.2. The van der Waals surface area contributed by atoms with Crippen LogP contribution in [0, 0.1) is 0 Å². The van der Waals surface area contributed by atoms with Gasteiger partial charge in [0.2, 0.25) is 11.2 Å². The zero-order valence-corrected chi connectivity index (χ0v) is 16.3. The van der Waals surface area contributed by atoms with E-state index < -0.39 is 6.03 Å². The number of aromatic nitrogens is 3. The lowest BCUT2D eigenvalue weighted by Gasteiger charge is -2.09. The highest BCUT2D eigenvalue weighted by Crippen LogP contribution is 2.25. The van der Waals surface area contributed by atoms with Gasteiger partial charge in [-0.1, -0.05) is 54.1 Å². The molecule has 0 aliphatic heterocycles. The molecule has 144 valence electrons. The zero-order valence-electron chi connectivity index (χ0n) is 14.8. The maximum atomic E-state index is 12.2. The highest BCUT2D eigenvalue weighted by atomic mass is 35.5.